The molecule has 0 aliphatic heterocycles. The number of aromatic hydroxyl groups is 1. The number of hydrogen-bond acceptors (Lipinski definition) is 5. The Balaban J connectivity index is 2.86. The maximum Gasteiger partial charge on any atom is 0.339 e. The first-order valence-corrected chi connectivity index (χ1v) is 7.59. The lowest BCUT2D eigenvalue weighted by atomic mass is 10.2. The van der Waals surface area contributed by atoms with Crippen LogP contribution in [0.2, 0.25) is 0 Å². The van der Waals surface area contributed by atoms with Crippen LogP contribution in [0.25, 0.3) is 0 Å². The Bertz CT molecular complexity index is 641. The lowest BCUT2D eigenvalue weighted by Crippen LogP contribution is -2.37. The SMILES string of the molecule is CCCNC(=O)CNS(=O)(=O)c1ccc(O)c(C(=O)O)c1. The molecule has 9 heteroatoms. The fraction of sp³-hybridized carbons (Fsp3) is 0.333. The monoisotopic (exact) mass is 316 g/mol. The molecule has 0 aliphatic rings. The van der Waals surface area contributed by atoms with E-state index in [2.05, 4.69) is 10.0 Å². The van der Waals surface area contributed by atoms with Gasteiger partial charge in [-0.05, 0) is 24.6 Å². The Labute approximate surface area is 121 Å². The first-order chi connectivity index (χ1) is 9.77. The molecule has 0 fully saturated rings. The summed E-state index contributed by atoms with van der Waals surface area (Å²) in [6, 6.07) is 2.84. The summed E-state index contributed by atoms with van der Waals surface area (Å²) in [6.45, 7) is 1.84. The van der Waals surface area contributed by atoms with Crippen molar-refractivity contribution in [3.05, 3.63) is 23.8 Å². The van der Waals surface area contributed by atoms with E-state index in [0.29, 0.717) is 6.54 Å². The van der Waals surface area contributed by atoms with Crippen molar-refractivity contribution in [2.75, 3.05) is 13.1 Å². The van der Waals surface area contributed by atoms with Crippen LogP contribution in [-0.4, -0.2) is 43.6 Å². The standard InChI is InChI=1S/C12H16N2O6S/c1-2-5-13-11(16)7-14-21(19,20)8-3-4-10(15)9(6-8)12(17)18/h3-4,6,14-15H,2,5,7H2,1H3,(H,13,16)(H,17,18). The molecule has 0 unspecified atom stereocenters. The number of hydrogen-bond donors (Lipinski definition) is 4. The molecule has 0 radical (unpaired) electrons. The van der Waals surface area contributed by atoms with E-state index in [-0.39, 0.29) is 4.90 Å². The van der Waals surface area contributed by atoms with Crippen molar-refractivity contribution in [3.63, 3.8) is 0 Å². The second-order valence-corrected chi connectivity index (χ2v) is 5.93. The molecular formula is C12H16N2O6S. The van der Waals surface area contributed by atoms with E-state index in [4.69, 9.17) is 5.11 Å². The van der Waals surface area contributed by atoms with Gasteiger partial charge in [-0.2, -0.15) is 0 Å². The van der Waals surface area contributed by atoms with Crippen LogP contribution in [0.15, 0.2) is 23.1 Å². The van der Waals surface area contributed by atoms with Gasteiger partial charge in [0.2, 0.25) is 15.9 Å². The molecule has 0 atom stereocenters. The molecular weight excluding hydrogens is 300 g/mol. The van der Waals surface area contributed by atoms with E-state index in [1.807, 2.05) is 6.92 Å². The zero-order valence-corrected chi connectivity index (χ0v) is 12.1. The fourth-order valence-corrected chi connectivity index (χ4v) is 2.43. The summed E-state index contributed by atoms with van der Waals surface area (Å²) in [7, 11) is -4.04. The molecule has 0 bridgehead atoms. The molecule has 1 rings (SSSR count). The molecule has 1 amide bonds. The summed E-state index contributed by atoms with van der Waals surface area (Å²) in [6.07, 6.45) is 0.721. The molecule has 0 spiro atoms. The summed E-state index contributed by atoms with van der Waals surface area (Å²) in [5.74, 6) is -2.48. The molecule has 0 saturated carbocycles. The number of aromatic carboxylic acids is 1. The Hall–Kier alpha value is -2.13. The average molecular weight is 316 g/mol. The van der Waals surface area contributed by atoms with Crippen molar-refractivity contribution in [1.29, 1.82) is 0 Å². The zero-order chi connectivity index (χ0) is 16.0. The van der Waals surface area contributed by atoms with E-state index in [1.165, 1.54) is 0 Å². The lowest BCUT2D eigenvalue weighted by Gasteiger charge is -2.08. The van der Waals surface area contributed by atoms with Crippen molar-refractivity contribution < 1.29 is 28.2 Å². The fourth-order valence-electron chi connectivity index (χ4n) is 1.42. The second-order valence-electron chi connectivity index (χ2n) is 4.16. The minimum Gasteiger partial charge on any atom is -0.507 e. The average Bonchev–Trinajstić information content (AvgIpc) is 2.42. The summed E-state index contributed by atoms with van der Waals surface area (Å²) in [4.78, 5) is 21.8. The first-order valence-electron chi connectivity index (χ1n) is 6.10. The van der Waals surface area contributed by atoms with Crippen LogP contribution in [0.3, 0.4) is 0 Å². The Morgan fingerprint density at radius 1 is 1.29 bits per heavy atom. The molecule has 8 nitrogen and oxygen atoms in total. The van der Waals surface area contributed by atoms with Crippen LogP contribution in [-0.2, 0) is 14.8 Å². The van der Waals surface area contributed by atoms with Crippen molar-refractivity contribution in [1.82, 2.24) is 10.0 Å². The van der Waals surface area contributed by atoms with Gasteiger partial charge in [0.05, 0.1) is 11.4 Å². The van der Waals surface area contributed by atoms with Gasteiger partial charge in [0, 0.05) is 6.54 Å². The van der Waals surface area contributed by atoms with Gasteiger partial charge in [0.15, 0.2) is 0 Å². The molecule has 21 heavy (non-hydrogen) atoms. The summed E-state index contributed by atoms with van der Waals surface area (Å²) >= 11 is 0. The van der Waals surface area contributed by atoms with Gasteiger partial charge in [-0.25, -0.2) is 17.9 Å². The van der Waals surface area contributed by atoms with Gasteiger partial charge in [0.25, 0.3) is 0 Å². The van der Waals surface area contributed by atoms with Gasteiger partial charge < -0.3 is 15.5 Å². The highest BCUT2D eigenvalue weighted by molar-refractivity contribution is 7.89. The van der Waals surface area contributed by atoms with Crippen molar-refractivity contribution >= 4 is 21.9 Å². The minimum atomic E-state index is -4.04. The third-order valence-corrected chi connectivity index (χ3v) is 3.90. The second kappa shape index (κ2) is 7.04. The number of carboxylic acids is 1. The maximum absolute atomic E-state index is 11.9. The molecule has 0 saturated heterocycles. The topological polar surface area (TPSA) is 133 Å². The number of sulfonamides is 1. The van der Waals surface area contributed by atoms with Crippen LogP contribution < -0.4 is 10.0 Å². The highest BCUT2D eigenvalue weighted by atomic mass is 32.2. The number of nitrogens with one attached hydrogen (secondary N) is 2. The smallest absolute Gasteiger partial charge is 0.339 e. The number of phenols is 1. The van der Waals surface area contributed by atoms with E-state index < -0.39 is 39.8 Å². The van der Waals surface area contributed by atoms with Gasteiger partial charge in [0.1, 0.15) is 11.3 Å². The normalized spacial score (nSPS) is 11.1. The minimum absolute atomic E-state index is 0.346. The number of benzene rings is 1. The molecule has 1 aromatic carbocycles. The molecule has 116 valence electrons. The third kappa shape index (κ3) is 4.72. The van der Waals surface area contributed by atoms with Crippen LogP contribution in [0.1, 0.15) is 23.7 Å². The van der Waals surface area contributed by atoms with Gasteiger partial charge in [-0.1, -0.05) is 6.92 Å². The molecule has 0 aliphatic carbocycles. The van der Waals surface area contributed by atoms with Gasteiger partial charge in [-0.15, -0.1) is 0 Å². The Morgan fingerprint density at radius 2 is 1.95 bits per heavy atom. The van der Waals surface area contributed by atoms with Crippen molar-refractivity contribution in [3.8, 4) is 5.75 Å². The number of carbonyl (C=O) groups is 2. The Kier molecular flexibility index (Phi) is 5.68. The third-order valence-electron chi connectivity index (χ3n) is 2.50. The van der Waals surface area contributed by atoms with Crippen molar-refractivity contribution in [2.24, 2.45) is 0 Å². The first kappa shape index (κ1) is 16.9. The van der Waals surface area contributed by atoms with E-state index in [1.54, 1.807) is 0 Å². The van der Waals surface area contributed by atoms with Gasteiger partial charge in [-0.3, -0.25) is 4.79 Å². The van der Waals surface area contributed by atoms with E-state index in [9.17, 15) is 23.1 Å². The quantitative estimate of drug-likeness (QED) is 0.555. The Morgan fingerprint density at radius 3 is 2.52 bits per heavy atom. The number of rotatable bonds is 7. The summed E-state index contributed by atoms with van der Waals surface area (Å²) in [5.41, 5.74) is -0.534. The maximum atomic E-state index is 11.9. The van der Waals surface area contributed by atoms with E-state index >= 15 is 0 Å². The molecule has 1 aromatic rings. The zero-order valence-electron chi connectivity index (χ0n) is 11.3. The summed E-state index contributed by atoms with van der Waals surface area (Å²) < 4.78 is 25.9. The highest BCUT2D eigenvalue weighted by Gasteiger charge is 2.19. The number of carbonyl (C=O) groups excluding carboxylic acids is 1. The molecule has 4 N–H and O–H groups in total. The van der Waals surface area contributed by atoms with Crippen LogP contribution >= 0.6 is 0 Å². The molecule has 0 aromatic heterocycles. The summed E-state index contributed by atoms with van der Waals surface area (Å²) in [5, 5.41) is 20.7. The van der Waals surface area contributed by atoms with Crippen LogP contribution in [0, 0.1) is 0 Å². The highest BCUT2D eigenvalue weighted by Crippen LogP contribution is 2.21. The predicted molar refractivity (Wildman–Crippen MR) is 73.6 cm³/mol. The predicted octanol–water partition coefficient (Wildman–Crippen LogP) is -0.105. The molecule has 0 heterocycles. The largest absolute Gasteiger partial charge is 0.507 e. The van der Waals surface area contributed by atoms with Crippen molar-refractivity contribution in [2.45, 2.75) is 18.2 Å². The van der Waals surface area contributed by atoms with E-state index in [0.717, 1.165) is 24.6 Å². The number of carboxylic acid groups (broad SMARTS) is 1. The number of amides is 1. The lowest BCUT2D eigenvalue weighted by molar-refractivity contribution is -0.119. The van der Waals surface area contributed by atoms with Crippen LogP contribution in [0.5, 0.6) is 5.75 Å². The van der Waals surface area contributed by atoms with Crippen LogP contribution in [0.4, 0.5) is 0 Å². The van der Waals surface area contributed by atoms with Gasteiger partial charge >= 0.3 is 5.97 Å².